The van der Waals surface area contributed by atoms with Gasteiger partial charge in [-0.1, -0.05) is 56.3 Å². The first-order valence-corrected chi connectivity index (χ1v) is 9.05. The van der Waals surface area contributed by atoms with Crippen LogP contribution in [0, 0.1) is 0 Å². The molecule has 1 aromatic heterocycles. The van der Waals surface area contributed by atoms with Gasteiger partial charge in [0.15, 0.2) is 0 Å². The Morgan fingerprint density at radius 1 is 1.08 bits per heavy atom. The van der Waals surface area contributed by atoms with Crippen LogP contribution in [0.5, 0.6) is 0 Å². The molecule has 4 heteroatoms. The lowest BCUT2D eigenvalue weighted by Crippen LogP contribution is -2.26. The topological polar surface area (TPSA) is 46.9 Å². The van der Waals surface area contributed by atoms with Crippen molar-refractivity contribution in [3.8, 4) is 0 Å². The Kier molecular flexibility index (Phi) is 5.84. The molecule has 0 radical (unpaired) electrons. The van der Waals surface area contributed by atoms with Crippen molar-refractivity contribution in [2.24, 2.45) is 0 Å². The highest BCUT2D eigenvalue weighted by molar-refractivity contribution is 5.94. The fraction of sp³-hybridized carbons (Fsp3) is 0.273. The smallest absolute Gasteiger partial charge is 0.251 e. The number of rotatable bonds is 7. The van der Waals surface area contributed by atoms with Crippen LogP contribution in [-0.4, -0.2) is 22.0 Å². The molecule has 26 heavy (non-hydrogen) atoms. The molecule has 0 spiro atoms. The van der Waals surface area contributed by atoms with Crippen molar-refractivity contribution >= 4 is 5.91 Å². The van der Waals surface area contributed by atoms with E-state index in [-0.39, 0.29) is 5.91 Å². The second kappa shape index (κ2) is 8.48. The van der Waals surface area contributed by atoms with Gasteiger partial charge in [-0.25, -0.2) is 4.98 Å². The summed E-state index contributed by atoms with van der Waals surface area (Å²) in [5.41, 5.74) is 3.17. The maximum Gasteiger partial charge on any atom is 0.251 e. The summed E-state index contributed by atoms with van der Waals surface area (Å²) in [5, 5.41) is 2.98. The molecule has 4 nitrogen and oxygen atoms in total. The Morgan fingerprint density at radius 2 is 1.81 bits per heavy atom. The van der Waals surface area contributed by atoms with Crippen LogP contribution in [0.25, 0.3) is 0 Å². The molecule has 0 saturated carbocycles. The summed E-state index contributed by atoms with van der Waals surface area (Å²) in [6, 6.07) is 18.1. The number of nitrogens with zero attached hydrogens (tertiary/aromatic N) is 2. The largest absolute Gasteiger partial charge is 0.352 e. The van der Waals surface area contributed by atoms with Crippen molar-refractivity contribution in [2.45, 2.75) is 32.7 Å². The van der Waals surface area contributed by atoms with Gasteiger partial charge < -0.3 is 9.88 Å². The molecule has 1 N–H and O–H groups in total. The number of imidazole rings is 1. The highest BCUT2D eigenvalue weighted by atomic mass is 16.1. The number of carbonyl (C=O) groups excluding carboxylic acids is 1. The highest BCUT2D eigenvalue weighted by Crippen LogP contribution is 2.14. The van der Waals surface area contributed by atoms with Crippen LogP contribution >= 0.6 is 0 Å². The lowest BCUT2D eigenvalue weighted by Gasteiger charge is -2.10. The molecule has 2 aromatic carbocycles. The Balaban J connectivity index is 1.53. The van der Waals surface area contributed by atoms with Crippen molar-refractivity contribution in [3.63, 3.8) is 0 Å². The molecule has 0 aliphatic carbocycles. The molecule has 1 amide bonds. The van der Waals surface area contributed by atoms with E-state index in [1.165, 1.54) is 11.1 Å². The summed E-state index contributed by atoms with van der Waals surface area (Å²) in [7, 11) is 0. The molecule has 0 fully saturated rings. The van der Waals surface area contributed by atoms with E-state index in [1.54, 1.807) is 0 Å². The molecule has 0 atom stereocenters. The van der Waals surface area contributed by atoms with Gasteiger partial charge in [0.1, 0.15) is 5.82 Å². The lowest BCUT2D eigenvalue weighted by molar-refractivity contribution is 0.0954. The molecule has 3 aromatic rings. The number of benzene rings is 2. The Labute approximate surface area is 154 Å². The van der Waals surface area contributed by atoms with E-state index in [9.17, 15) is 4.79 Å². The fourth-order valence-electron chi connectivity index (χ4n) is 2.90. The molecule has 134 valence electrons. The quantitative estimate of drug-likeness (QED) is 0.701. The first-order valence-electron chi connectivity index (χ1n) is 9.05. The summed E-state index contributed by atoms with van der Waals surface area (Å²) in [5.74, 6) is 1.40. The molecule has 0 bridgehead atoms. The van der Waals surface area contributed by atoms with E-state index >= 15 is 0 Å². The predicted octanol–water partition coefficient (Wildman–Crippen LogP) is 4.03. The first-order chi connectivity index (χ1) is 12.6. The van der Waals surface area contributed by atoms with E-state index in [1.807, 2.05) is 54.9 Å². The van der Waals surface area contributed by atoms with E-state index in [4.69, 9.17) is 0 Å². The summed E-state index contributed by atoms with van der Waals surface area (Å²) in [6.07, 6.45) is 4.50. The normalized spacial score (nSPS) is 10.9. The third kappa shape index (κ3) is 4.60. The summed E-state index contributed by atoms with van der Waals surface area (Å²) in [4.78, 5) is 16.7. The van der Waals surface area contributed by atoms with Crippen LogP contribution in [0.2, 0.25) is 0 Å². The van der Waals surface area contributed by atoms with E-state index < -0.39 is 0 Å². The van der Waals surface area contributed by atoms with Crippen LogP contribution in [0.3, 0.4) is 0 Å². The lowest BCUT2D eigenvalue weighted by atomic mass is 10.0. The second-order valence-electron chi connectivity index (χ2n) is 6.74. The van der Waals surface area contributed by atoms with Gasteiger partial charge in [-0.3, -0.25) is 4.79 Å². The van der Waals surface area contributed by atoms with Crippen LogP contribution in [-0.2, 0) is 13.0 Å². The van der Waals surface area contributed by atoms with Crippen LogP contribution in [0.4, 0.5) is 0 Å². The van der Waals surface area contributed by atoms with Crippen LogP contribution < -0.4 is 5.32 Å². The first kappa shape index (κ1) is 17.9. The van der Waals surface area contributed by atoms with Gasteiger partial charge in [0, 0.05) is 37.5 Å². The van der Waals surface area contributed by atoms with Crippen molar-refractivity contribution < 1.29 is 4.79 Å². The van der Waals surface area contributed by atoms with Crippen molar-refractivity contribution in [1.29, 1.82) is 0 Å². The summed E-state index contributed by atoms with van der Waals surface area (Å²) in [6.45, 7) is 5.65. The third-order valence-electron chi connectivity index (χ3n) is 4.47. The minimum atomic E-state index is -0.0403. The second-order valence-corrected chi connectivity index (χ2v) is 6.74. The minimum absolute atomic E-state index is 0.0403. The minimum Gasteiger partial charge on any atom is -0.352 e. The van der Waals surface area contributed by atoms with Gasteiger partial charge in [0.25, 0.3) is 5.91 Å². The van der Waals surface area contributed by atoms with Crippen LogP contribution in [0.1, 0.15) is 47.1 Å². The monoisotopic (exact) mass is 347 g/mol. The van der Waals surface area contributed by atoms with Gasteiger partial charge in [-0.05, 0) is 29.2 Å². The molecule has 0 unspecified atom stereocenters. The highest BCUT2D eigenvalue weighted by Gasteiger charge is 2.08. The van der Waals surface area contributed by atoms with Gasteiger partial charge >= 0.3 is 0 Å². The van der Waals surface area contributed by atoms with E-state index in [0.29, 0.717) is 24.4 Å². The summed E-state index contributed by atoms with van der Waals surface area (Å²) < 4.78 is 2.12. The average Bonchev–Trinajstić information content (AvgIpc) is 3.09. The standard InChI is InChI=1S/C22H25N3O/c1-17(2)19-8-10-20(11-9-19)22(26)24-13-12-21-23-14-15-25(21)16-18-6-4-3-5-7-18/h3-11,14-15,17H,12-13,16H2,1-2H3,(H,24,26). The van der Waals surface area contributed by atoms with Gasteiger partial charge in [0.2, 0.25) is 0 Å². The van der Waals surface area contributed by atoms with Gasteiger partial charge in [-0.2, -0.15) is 0 Å². The summed E-state index contributed by atoms with van der Waals surface area (Å²) >= 11 is 0. The van der Waals surface area contributed by atoms with E-state index in [0.717, 1.165) is 12.4 Å². The molecule has 0 saturated heterocycles. The maximum absolute atomic E-state index is 12.3. The number of amides is 1. The molecular weight excluding hydrogens is 322 g/mol. The molecule has 3 rings (SSSR count). The molecular formula is C22H25N3O. The van der Waals surface area contributed by atoms with Crippen molar-refractivity contribution in [3.05, 3.63) is 89.5 Å². The Bertz CT molecular complexity index is 835. The Morgan fingerprint density at radius 3 is 2.50 bits per heavy atom. The van der Waals surface area contributed by atoms with Crippen molar-refractivity contribution in [1.82, 2.24) is 14.9 Å². The average molecular weight is 347 g/mol. The van der Waals surface area contributed by atoms with Crippen LogP contribution in [0.15, 0.2) is 67.0 Å². The number of hydrogen-bond acceptors (Lipinski definition) is 2. The number of aromatic nitrogens is 2. The zero-order chi connectivity index (χ0) is 18.4. The van der Waals surface area contributed by atoms with Gasteiger partial charge in [0.05, 0.1) is 0 Å². The molecule has 1 heterocycles. The van der Waals surface area contributed by atoms with E-state index in [2.05, 4.69) is 40.8 Å². The number of nitrogens with one attached hydrogen (secondary N) is 1. The SMILES string of the molecule is CC(C)c1ccc(C(=O)NCCc2nccn2Cc2ccccc2)cc1. The van der Waals surface area contributed by atoms with Crippen molar-refractivity contribution in [2.75, 3.05) is 6.54 Å². The zero-order valence-electron chi connectivity index (χ0n) is 15.4. The van der Waals surface area contributed by atoms with Gasteiger partial charge in [-0.15, -0.1) is 0 Å². The predicted molar refractivity (Wildman–Crippen MR) is 104 cm³/mol. The third-order valence-corrected chi connectivity index (χ3v) is 4.47. The maximum atomic E-state index is 12.3. The molecule has 0 aliphatic rings. The molecule has 0 aliphatic heterocycles. The zero-order valence-corrected chi connectivity index (χ0v) is 15.4. The fourth-order valence-corrected chi connectivity index (χ4v) is 2.90. The number of hydrogen-bond donors (Lipinski definition) is 1. The number of carbonyl (C=O) groups is 1. The Hall–Kier alpha value is -2.88.